The van der Waals surface area contributed by atoms with Crippen molar-refractivity contribution in [1.82, 2.24) is 9.90 Å². The fourth-order valence-corrected chi connectivity index (χ4v) is 4.73. The maximum Gasteiger partial charge on any atom is 0.485 e. The number of hydrogen-bond donors (Lipinski definition) is 0. The van der Waals surface area contributed by atoms with E-state index in [0.29, 0.717) is 39.2 Å². The molecule has 0 unspecified atom stereocenters. The standard InChI is InChI=1S/C27H32N3O5S.CHF3O3S/c1-29-26(22-33-21-23-9-3-2-4-10-23)20-30(28-29)15-7-18-36(31,32)35-17-8-16-34-27-14-13-24-11-5-6-12-25(24)19-27;2-1(3,4)8(5,6)7/h2-6,9-14,19-20H,7-8,15-18,21-22H2,1H3;(H,5,6,7)/q+1;/p-1. The van der Waals surface area contributed by atoms with Crippen LogP contribution < -0.4 is 9.42 Å². The van der Waals surface area contributed by atoms with Crippen LogP contribution in [0, 0.1) is 0 Å². The third-order valence-corrected chi connectivity index (χ3v) is 7.81. The zero-order valence-electron chi connectivity index (χ0n) is 23.7. The second-order valence-corrected chi connectivity index (χ2v) is 12.6. The Labute approximate surface area is 253 Å². The van der Waals surface area contributed by atoms with Crippen molar-refractivity contribution in [3.8, 4) is 5.75 Å². The number of halogens is 3. The van der Waals surface area contributed by atoms with Gasteiger partial charge in [0.1, 0.15) is 25.9 Å². The minimum absolute atomic E-state index is 0.0675. The maximum atomic E-state index is 12.2. The van der Waals surface area contributed by atoms with Gasteiger partial charge in [0.15, 0.2) is 22.0 Å². The molecule has 16 heteroatoms. The van der Waals surface area contributed by atoms with E-state index in [1.54, 1.807) is 9.36 Å². The molecule has 44 heavy (non-hydrogen) atoms. The van der Waals surface area contributed by atoms with Crippen molar-refractivity contribution in [2.24, 2.45) is 7.05 Å². The van der Waals surface area contributed by atoms with Gasteiger partial charge in [-0.05, 0) is 28.5 Å². The fraction of sp³-hybridized carbons (Fsp3) is 0.357. The second-order valence-electron chi connectivity index (χ2n) is 9.42. The van der Waals surface area contributed by atoms with Crippen molar-refractivity contribution >= 4 is 31.0 Å². The zero-order valence-corrected chi connectivity index (χ0v) is 25.4. The Hall–Kier alpha value is -3.57. The number of aryl methyl sites for hydroxylation is 2. The first-order chi connectivity index (χ1) is 20.7. The minimum atomic E-state index is -6.09. The van der Waals surface area contributed by atoms with Crippen LogP contribution in [0.25, 0.3) is 10.8 Å². The smallest absolute Gasteiger partial charge is 0.485 e. The van der Waals surface area contributed by atoms with E-state index in [1.807, 2.05) is 86.0 Å². The number of hydrogen-bond acceptors (Lipinski definition) is 9. The Kier molecular flexibility index (Phi) is 12.7. The molecule has 0 saturated heterocycles. The average molecular weight is 660 g/mol. The summed E-state index contributed by atoms with van der Waals surface area (Å²) >= 11 is 0. The van der Waals surface area contributed by atoms with Crippen LogP contribution in [-0.2, 0) is 56.0 Å². The molecular weight excluding hydrogens is 627 g/mol. The minimum Gasteiger partial charge on any atom is -0.741 e. The summed E-state index contributed by atoms with van der Waals surface area (Å²) in [5.41, 5.74) is -3.62. The molecule has 0 aliphatic rings. The summed E-state index contributed by atoms with van der Waals surface area (Å²) in [7, 11) is -7.85. The van der Waals surface area contributed by atoms with Crippen molar-refractivity contribution in [2.45, 2.75) is 38.1 Å². The maximum absolute atomic E-state index is 12.2. The van der Waals surface area contributed by atoms with Crippen molar-refractivity contribution in [2.75, 3.05) is 19.0 Å². The van der Waals surface area contributed by atoms with Gasteiger partial charge in [0, 0.05) is 12.8 Å². The first kappa shape index (κ1) is 34.9. The Morgan fingerprint density at radius 1 is 0.886 bits per heavy atom. The monoisotopic (exact) mass is 659 g/mol. The van der Waals surface area contributed by atoms with Gasteiger partial charge >= 0.3 is 5.51 Å². The lowest BCUT2D eigenvalue weighted by molar-refractivity contribution is -0.755. The van der Waals surface area contributed by atoms with E-state index < -0.39 is 25.7 Å². The van der Waals surface area contributed by atoms with Gasteiger partial charge in [-0.25, -0.2) is 8.42 Å². The summed E-state index contributed by atoms with van der Waals surface area (Å²) in [6, 6.07) is 23.9. The van der Waals surface area contributed by atoms with Crippen LogP contribution in [0.3, 0.4) is 0 Å². The highest BCUT2D eigenvalue weighted by Gasteiger charge is 2.36. The molecule has 1 heterocycles. The van der Waals surface area contributed by atoms with E-state index >= 15 is 0 Å². The molecule has 0 spiro atoms. The topological polar surface area (TPSA) is 141 Å². The number of benzene rings is 3. The van der Waals surface area contributed by atoms with E-state index in [4.69, 9.17) is 26.6 Å². The third-order valence-electron chi connectivity index (χ3n) is 5.93. The molecule has 0 bridgehead atoms. The molecule has 4 aromatic rings. The molecule has 0 N–H and O–H groups in total. The van der Waals surface area contributed by atoms with Crippen LogP contribution in [0.2, 0.25) is 0 Å². The Morgan fingerprint density at radius 2 is 1.55 bits per heavy atom. The molecule has 0 aliphatic heterocycles. The predicted molar refractivity (Wildman–Crippen MR) is 153 cm³/mol. The van der Waals surface area contributed by atoms with Crippen LogP contribution in [0.1, 0.15) is 24.1 Å². The van der Waals surface area contributed by atoms with Crippen molar-refractivity contribution in [3.05, 3.63) is 90.3 Å². The largest absolute Gasteiger partial charge is 0.741 e. The number of alkyl halides is 3. The third kappa shape index (κ3) is 11.8. The van der Waals surface area contributed by atoms with Crippen molar-refractivity contribution in [1.29, 1.82) is 0 Å². The van der Waals surface area contributed by atoms with Crippen molar-refractivity contribution in [3.63, 3.8) is 0 Å². The normalized spacial score (nSPS) is 12.1. The molecule has 3 aromatic carbocycles. The molecule has 0 fully saturated rings. The van der Waals surface area contributed by atoms with E-state index in [0.717, 1.165) is 27.8 Å². The molecule has 11 nitrogen and oxygen atoms in total. The molecule has 0 amide bonds. The van der Waals surface area contributed by atoms with Gasteiger partial charge in [0.25, 0.3) is 10.1 Å². The van der Waals surface area contributed by atoms with E-state index in [-0.39, 0.29) is 12.4 Å². The van der Waals surface area contributed by atoms with Crippen LogP contribution in [0.5, 0.6) is 5.75 Å². The highest BCUT2D eigenvalue weighted by molar-refractivity contribution is 7.86. The van der Waals surface area contributed by atoms with Gasteiger partial charge < -0.3 is 14.0 Å². The van der Waals surface area contributed by atoms with Gasteiger partial charge in [-0.2, -0.15) is 21.6 Å². The fourth-order valence-electron chi connectivity index (χ4n) is 3.75. The molecule has 4 rings (SSSR count). The number of nitrogens with zero attached hydrogens (tertiary/aromatic N) is 3. The summed E-state index contributed by atoms with van der Waals surface area (Å²) in [5, 5.41) is 6.64. The number of aromatic nitrogens is 3. The second kappa shape index (κ2) is 15.9. The lowest BCUT2D eigenvalue weighted by atomic mass is 10.1. The van der Waals surface area contributed by atoms with Crippen LogP contribution in [0.15, 0.2) is 79.0 Å². The van der Waals surface area contributed by atoms with E-state index in [9.17, 15) is 21.6 Å². The summed E-state index contributed by atoms with van der Waals surface area (Å²) in [6.07, 6.45) is 2.76. The summed E-state index contributed by atoms with van der Waals surface area (Å²) < 4.78 is 103. The molecule has 0 radical (unpaired) electrons. The van der Waals surface area contributed by atoms with Crippen molar-refractivity contribution < 1.29 is 52.9 Å². The first-order valence-corrected chi connectivity index (χ1v) is 16.3. The lowest BCUT2D eigenvalue weighted by Crippen LogP contribution is -2.37. The number of rotatable bonds is 14. The van der Waals surface area contributed by atoms with Gasteiger partial charge in [-0.15, -0.1) is 9.36 Å². The average Bonchev–Trinajstić information content (AvgIpc) is 3.31. The Morgan fingerprint density at radius 3 is 2.23 bits per heavy atom. The Balaban J connectivity index is 0.000000583. The highest BCUT2D eigenvalue weighted by atomic mass is 32.2. The lowest BCUT2D eigenvalue weighted by Gasteiger charge is -2.08. The van der Waals surface area contributed by atoms with Crippen LogP contribution in [-0.4, -0.2) is 55.8 Å². The number of ether oxygens (including phenoxy) is 2. The van der Waals surface area contributed by atoms with Gasteiger partial charge in [0.2, 0.25) is 0 Å². The summed E-state index contributed by atoms with van der Waals surface area (Å²) in [4.78, 5) is 0. The highest BCUT2D eigenvalue weighted by Crippen LogP contribution is 2.21. The van der Waals surface area contributed by atoms with E-state index in [2.05, 4.69) is 5.21 Å². The molecule has 1 aromatic heterocycles. The molecule has 0 aliphatic carbocycles. The van der Waals surface area contributed by atoms with Gasteiger partial charge in [-0.1, -0.05) is 60.7 Å². The zero-order chi connectivity index (χ0) is 32.2. The Bertz CT molecular complexity index is 1700. The van der Waals surface area contributed by atoms with Crippen LogP contribution in [0.4, 0.5) is 13.2 Å². The van der Waals surface area contributed by atoms with Gasteiger partial charge in [-0.3, -0.25) is 4.18 Å². The molecule has 0 atom stereocenters. The number of fused-ring (bicyclic) bond motifs is 1. The van der Waals surface area contributed by atoms with E-state index in [1.165, 1.54) is 0 Å². The summed E-state index contributed by atoms with van der Waals surface area (Å²) in [6.45, 7) is 1.89. The van der Waals surface area contributed by atoms with Gasteiger partial charge in [0.05, 0.1) is 30.8 Å². The quantitative estimate of drug-likeness (QED) is 0.0649. The predicted octanol–water partition coefficient (Wildman–Crippen LogP) is 3.83. The molecule has 240 valence electrons. The summed E-state index contributed by atoms with van der Waals surface area (Å²) in [5.74, 6) is 0.691. The SMILES string of the molecule is Cn1n[n+](CCCS(=O)(=O)OCCCOc2ccc3ccccc3c2)cc1COCc1ccccc1.O=S(=O)([O-])C(F)(F)F. The molecule has 0 saturated carbocycles. The van der Waals surface area contributed by atoms with Crippen LogP contribution >= 0.6 is 0 Å². The first-order valence-electron chi connectivity index (χ1n) is 13.3. The molecular formula is C28H32F3N3O8S2.